The summed E-state index contributed by atoms with van der Waals surface area (Å²) in [5.74, 6) is -2.43. The van der Waals surface area contributed by atoms with E-state index in [1.807, 2.05) is 0 Å². The number of esters is 1. The lowest BCUT2D eigenvalue weighted by atomic mass is 10.1. The van der Waals surface area contributed by atoms with Crippen molar-refractivity contribution in [3.05, 3.63) is 51.7 Å². The first-order valence-corrected chi connectivity index (χ1v) is 11.2. The van der Waals surface area contributed by atoms with E-state index >= 15 is 0 Å². The number of amides is 2. The Hall–Kier alpha value is -4.15. The number of hydrogen-bond acceptors (Lipinski definition) is 8. The number of imidazole rings is 1. The van der Waals surface area contributed by atoms with Gasteiger partial charge in [-0.15, -0.1) is 0 Å². The third-order valence-electron chi connectivity index (χ3n) is 5.66. The van der Waals surface area contributed by atoms with Crippen LogP contribution in [0.25, 0.3) is 0 Å². The average molecular weight is 483 g/mol. The van der Waals surface area contributed by atoms with E-state index in [4.69, 9.17) is 4.74 Å². The molecule has 0 spiro atoms. The highest BCUT2D eigenvalue weighted by Crippen LogP contribution is 2.23. The third-order valence-corrected chi connectivity index (χ3v) is 5.66. The van der Waals surface area contributed by atoms with Crippen molar-refractivity contribution < 1.29 is 33.5 Å². The van der Waals surface area contributed by atoms with Crippen LogP contribution in [-0.4, -0.2) is 51.6 Å². The van der Waals surface area contributed by atoms with E-state index < -0.39 is 17.4 Å². The van der Waals surface area contributed by atoms with Gasteiger partial charge in [-0.05, 0) is 51.0 Å². The van der Waals surface area contributed by atoms with Gasteiger partial charge in [0.15, 0.2) is 5.78 Å². The van der Waals surface area contributed by atoms with Crippen LogP contribution in [0.2, 0.25) is 0 Å². The average Bonchev–Trinajstić information content (AvgIpc) is 3.30. The van der Waals surface area contributed by atoms with E-state index in [9.17, 15) is 33.6 Å². The molecule has 11 heteroatoms. The second kappa shape index (κ2) is 10.9. The lowest BCUT2D eigenvalue weighted by Crippen LogP contribution is -2.32. The van der Waals surface area contributed by atoms with Gasteiger partial charge in [-0.3, -0.25) is 33.7 Å². The molecule has 0 radical (unpaired) electrons. The van der Waals surface area contributed by atoms with E-state index in [0.717, 1.165) is 4.90 Å². The van der Waals surface area contributed by atoms with Crippen LogP contribution < -0.4 is 10.6 Å². The summed E-state index contributed by atoms with van der Waals surface area (Å²) in [6.07, 6.45) is 1.23. The molecule has 0 N–H and O–H groups in total. The fraction of sp³-hybridized carbons (Fsp3) is 0.375. The lowest BCUT2D eigenvalue weighted by Gasteiger charge is -2.14. The number of carbonyl (C=O) groups excluding carboxylic acids is 6. The normalized spacial score (nSPS) is 13.3. The summed E-state index contributed by atoms with van der Waals surface area (Å²) in [5, 5.41) is 0. The molecule has 2 aromatic rings. The number of benzene rings is 1. The van der Waals surface area contributed by atoms with Crippen molar-refractivity contribution in [1.29, 1.82) is 0 Å². The van der Waals surface area contributed by atoms with E-state index in [1.165, 1.54) is 31.2 Å². The van der Waals surface area contributed by atoms with E-state index in [-0.39, 0.29) is 73.4 Å². The molecule has 0 atom stereocenters. The summed E-state index contributed by atoms with van der Waals surface area (Å²) < 4.78 is 6.17. The molecule has 0 saturated carbocycles. The Morgan fingerprint density at radius 1 is 0.971 bits per heavy atom. The summed E-state index contributed by atoms with van der Waals surface area (Å²) in [7, 11) is 0. The number of carbonyl (C=O) groups is 6. The molecule has 35 heavy (non-hydrogen) atoms. The first-order chi connectivity index (χ1) is 16.7. The summed E-state index contributed by atoms with van der Waals surface area (Å²) in [4.78, 5) is 86.7. The number of Topliss-reactive ketones (excluding diaryl/α,β-unsaturated/α-hetero) is 1. The van der Waals surface area contributed by atoms with Crippen molar-refractivity contribution in [2.45, 2.75) is 52.4 Å². The van der Waals surface area contributed by atoms with Gasteiger partial charge in [-0.2, -0.15) is 0 Å². The van der Waals surface area contributed by atoms with Crippen LogP contribution in [0.5, 0.6) is 0 Å². The number of ketones is 1. The Morgan fingerprint density at radius 2 is 1.57 bits per heavy atom. The second-order valence-electron chi connectivity index (χ2n) is 7.94. The van der Waals surface area contributed by atoms with Gasteiger partial charge in [0.05, 0.1) is 18.0 Å². The molecule has 1 aliphatic heterocycles. The van der Waals surface area contributed by atoms with Crippen molar-refractivity contribution in [2.24, 2.45) is 0 Å². The maximum absolute atomic E-state index is 13.2. The molecule has 1 saturated heterocycles. The van der Waals surface area contributed by atoms with Crippen LogP contribution >= 0.6 is 0 Å². The molecule has 1 aromatic carbocycles. The largest absolute Gasteiger partial charge is 0.466 e. The van der Waals surface area contributed by atoms with Crippen molar-refractivity contribution >= 4 is 41.6 Å². The smallest absolute Gasteiger partial charge is 0.342 e. The SMILES string of the molecule is CCOC(=O)CCCCC(=O)c1c(C)n(C=O)c(=O)n1C(=O)c1ccc(N2C(=O)CCC2=O)cc1. The van der Waals surface area contributed by atoms with Gasteiger partial charge in [-0.1, -0.05) is 0 Å². The number of ether oxygens (including phenoxy) is 1. The van der Waals surface area contributed by atoms with Crippen LogP contribution in [0.15, 0.2) is 29.1 Å². The van der Waals surface area contributed by atoms with Gasteiger partial charge in [0.25, 0.3) is 5.91 Å². The monoisotopic (exact) mass is 483 g/mol. The molecule has 3 rings (SSSR count). The Morgan fingerprint density at radius 3 is 2.14 bits per heavy atom. The van der Waals surface area contributed by atoms with Crippen LogP contribution in [0.3, 0.4) is 0 Å². The molecule has 184 valence electrons. The molecule has 2 heterocycles. The molecule has 1 fully saturated rings. The first kappa shape index (κ1) is 25.5. The standard InChI is InChI=1S/C24H25N3O8/c1-3-35-21(32)7-5-4-6-18(29)22-15(2)25(14-28)24(34)27(22)23(33)16-8-10-17(11-9-16)26-19(30)12-13-20(26)31/h8-11,14H,3-7,12-13H2,1-2H3. The van der Waals surface area contributed by atoms with Crippen LogP contribution in [0.1, 0.15) is 72.0 Å². The number of hydrogen-bond donors (Lipinski definition) is 0. The topological polar surface area (TPSA) is 142 Å². The van der Waals surface area contributed by atoms with Crippen molar-refractivity contribution in [3.8, 4) is 0 Å². The van der Waals surface area contributed by atoms with Gasteiger partial charge in [0.1, 0.15) is 5.69 Å². The van der Waals surface area contributed by atoms with Crippen LogP contribution in [0, 0.1) is 6.92 Å². The number of imide groups is 1. The second-order valence-corrected chi connectivity index (χ2v) is 7.94. The Kier molecular flexibility index (Phi) is 7.90. The van der Waals surface area contributed by atoms with Crippen molar-refractivity contribution in [2.75, 3.05) is 11.5 Å². The van der Waals surface area contributed by atoms with E-state index in [0.29, 0.717) is 27.7 Å². The van der Waals surface area contributed by atoms with E-state index in [2.05, 4.69) is 0 Å². The maximum Gasteiger partial charge on any atom is 0.342 e. The zero-order valence-corrected chi connectivity index (χ0v) is 19.4. The number of aromatic nitrogens is 2. The number of unbranched alkanes of at least 4 members (excludes halogenated alkanes) is 1. The summed E-state index contributed by atoms with van der Waals surface area (Å²) in [6, 6.07) is 5.48. The fourth-order valence-corrected chi connectivity index (χ4v) is 3.91. The molecule has 0 bridgehead atoms. The summed E-state index contributed by atoms with van der Waals surface area (Å²) in [6.45, 7) is 3.34. The minimum atomic E-state index is -0.980. The predicted molar refractivity (Wildman–Crippen MR) is 123 cm³/mol. The van der Waals surface area contributed by atoms with Crippen molar-refractivity contribution in [3.63, 3.8) is 0 Å². The van der Waals surface area contributed by atoms with Gasteiger partial charge in [0, 0.05) is 31.2 Å². The molecule has 0 aliphatic carbocycles. The molecule has 1 aromatic heterocycles. The number of nitrogens with zero attached hydrogens (tertiary/aromatic N) is 3. The molecular formula is C24H25N3O8. The summed E-state index contributed by atoms with van der Waals surface area (Å²) >= 11 is 0. The molecular weight excluding hydrogens is 458 g/mol. The Bertz CT molecular complexity index is 1240. The predicted octanol–water partition coefficient (Wildman–Crippen LogP) is 1.64. The highest BCUT2D eigenvalue weighted by molar-refractivity contribution is 6.20. The Balaban J connectivity index is 1.85. The fourth-order valence-electron chi connectivity index (χ4n) is 3.91. The van der Waals surface area contributed by atoms with Gasteiger partial charge in [0.2, 0.25) is 18.2 Å². The minimum Gasteiger partial charge on any atom is -0.466 e. The maximum atomic E-state index is 13.2. The van der Waals surface area contributed by atoms with Crippen LogP contribution in [0.4, 0.5) is 5.69 Å². The first-order valence-electron chi connectivity index (χ1n) is 11.2. The third kappa shape index (κ3) is 5.18. The molecule has 11 nitrogen and oxygen atoms in total. The zero-order chi connectivity index (χ0) is 25.7. The minimum absolute atomic E-state index is 0.0226. The highest BCUT2D eigenvalue weighted by Gasteiger charge is 2.31. The van der Waals surface area contributed by atoms with Gasteiger partial charge >= 0.3 is 11.7 Å². The quantitative estimate of drug-likeness (QED) is 0.163. The van der Waals surface area contributed by atoms with E-state index in [1.54, 1.807) is 6.92 Å². The number of anilines is 1. The molecule has 1 aliphatic rings. The van der Waals surface area contributed by atoms with Gasteiger partial charge in [-0.25, -0.2) is 13.9 Å². The number of rotatable bonds is 10. The van der Waals surface area contributed by atoms with Crippen molar-refractivity contribution in [1.82, 2.24) is 9.13 Å². The summed E-state index contributed by atoms with van der Waals surface area (Å²) in [5.41, 5.74) is -0.850. The zero-order valence-electron chi connectivity index (χ0n) is 19.4. The van der Waals surface area contributed by atoms with Gasteiger partial charge < -0.3 is 4.74 Å². The highest BCUT2D eigenvalue weighted by atomic mass is 16.5. The Labute approximate surface area is 200 Å². The van der Waals surface area contributed by atoms with Crippen LogP contribution in [-0.2, 0) is 23.9 Å². The molecule has 0 unspecified atom stereocenters. The molecule has 2 amide bonds. The lowest BCUT2D eigenvalue weighted by molar-refractivity contribution is -0.143.